The number of carbonyl (C=O) groups excluding carboxylic acids is 2. The second-order valence-electron chi connectivity index (χ2n) is 5.22. The number of imide groups is 1. The van der Waals surface area contributed by atoms with Gasteiger partial charge in [-0.2, -0.15) is 0 Å². The average Bonchev–Trinajstić information content (AvgIpc) is 2.75. The van der Waals surface area contributed by atoms with Crippen molar-refractivity contribution in [2.75, 3.05) is 6.61 Å². The fraction of sp³-hybridized carbons (Fsp3) is 0.500. The highest BCUT2D eigenvalue weighted by Crippen LogP contribution is 2.19. The Kier molecular flexibility index (Phi) is 5.16. The van der Waals surface area contributed by atoms with E-state index in [-0.39, 0.29) is 17.7 Å². The molecule has 1 aliphatic rings. The summed E-state index contributed by atoms with van der Waals surface area (Å²) >= 11 is 0. The Hall–Kier alpha value is -1.84. The number of nitrogens with one attached hydrogen (secondary N) is 1. The van der Waals surface area contributed by atoms with Crippen LogP contribution in [0.25, 0.3) is 0 Å². The molecule has 1 heterocycles. The van der Waals surface area contributed by atoms with Gasteiger partial charge in [0.1, 0.15) is 5.75 Å². The second kappa shape index (κ2) is 7.08. The number of hydrogen-bond acceptors (Lipinski definition) is 3. The van der Waals surface area contributed by atoms with E-state index in [4.69, 9.17) is 4.74 Å². The molecule has 20 heavy (non-hydrogen) atoms. The molecule has 1 unspecified atom stereocenters. The predicted octanol–water partition coefficient (Wildman–Crippen LogP) is 2.46. The molecular formula is C16H21NO3. The smallest absolute Gasteiger partial charge is 0.230 e. The minimum atomic E-state index is -0.223. The molecule has 1 aliphatic heterocycles. The fourth-order valence-corrected chi connectivity index (χ4v) is 2.32. The lowest BCUT2D eigenvalue weighted by Crippen LogP contribution is -2.22. The average molecular weight is 275 g/mol. The first-order valence-electron chi connectivity index (χ1n) is 7.24. The van der Waals surface area contributed by atoms with Crippen LogP contribution in [-0.2, 0) is 16.0 Å². The van der Waals surface area contributed by atoms with Gasteiger partial charge in [-0.1, -0.05) is 31.9 Å². The highest BCUT2D eigenvalue weighted by molar-refractivity contribution is 6.03. The molecule has 0 radical (unpaired) electrons. The van der Waals surface area contributed by atoms with E-state index in [9.17, 15) is 9.59 Å². The van der Waals surface area contributed by atoms with Crippen LogP contribution in [0.3, 0.4) is 0 Å². The van der Waals surface area contributed by atoms with Crippen LogP contribution in [-0.4, -0.2) is 18.4 Å². The summed E-state index contributed by atoms with van der Waals surface area (Å²) in [5.41, 5.74) is 1.06. The maximum Gasteiger partial charge on any atom is 0.230 e. The Labute approximate surface area is 119 Å². The van der Waals surface area contributed by atoms with Crippen molar-refractivity contribution < 1.29 is 14.3 Å². The molecule has 0 spiro atoms. The van der Waals surface area contributed by atoms with Crippen molar-refractivity contribution in [1.29, 1.82) is 0 Å². The third kappa shape index (κ3) is 4.08. The lowest BCUT2D eigenvalue weighted by molar-refractivity contribution is -0.125. The van der Waals surface area contributed by atoms with Crippen LogP contribution >= 0.6 is 0 Å². The Balaban J connectivity index is 1.82. The van der Waals surface area contributed by atoms with Crippen LogP contribution in [0.5, 0.6) is 5.75 Å². The summed E-state index contributed by atoms with van der Waals surface area (Å²) in [6.45, 7) is 2.91. The summed E-state index contributed by atoms with van der Waals surface area (Å²) < 4.78 is 5.64. The monoisotopic (exact) mass is 275 g/mol. The maximum atomic E-state index is 11.5. The van der Waals surface area contributed by atoms with Crippen molar-refractivity contribution in [3.8, 4) is 5.75 Å². The molecule has 2 rings (SSSR count). The summed E-state index contributed by atoms with van der Waals surface area (Å²) in [7, 11) is 0. The maximum absolute atomic E-state index is 11.5. The number of ether oxygens (including phenoxy) is 1. The van der Waals surface area contributed by atoms with E-state index in [0.717, 1.165) is 24.3 Å². The fourth-order valence-electron chi connectivity index (χ4n) is 2.32. The van der Waals surface area contributed by atoms with Crippen LogP contribution in [0.15, 0.2) is 24.3 Å². The first kappa shape index (κ1) is 14.6. The van der Waals surface area contributed by atoms with Crippen molar-refractivity contribution in [1.82, 2.24) is 5.32 Å². The van der Waals surface area contributed by atoms with Gasteiger partial charge in [0.25, 0.3) is 0 Å². The Bertz CT molecular complexity index is 467. The number of hydrogen-bond donors (Lipinski definition) is 1. The molecular weight excluding hydrogens is 254 g/mol. The van der Waals surface area contributed by atoms with Crippen LogP contribution in [0.2, 0.25) is 0 Å². The number of benzene rings is 1. The molecule has 1 fully saturated rings. The van der Waals surface area contributed by atoms with Gasteiger partial charge in [-0.25, -0.2) is 0 Å². The standard InChI is InChI=1S/C16H21NO3/c1-2-3-4-9-20-14-7-5-12(6-8-14)10-13-11-15(18)17-16(13)19/h5-8,13H,2-4,9-11H2,1H3,(H,17,18,19). The van der Waals surface area contributed by atoms with Crippen LogP contribution in [0.1, 0.15) is 38.2 Å². The zero-order chi connectivity index (χ0) is 14.4. The van der Waals surface area contributed by atoms with Crippen molar-refractivity contribution in [2.24, 2.45) is 5.92 Å². The quantitative estimate of drug-likeness (QED) is 0.614. The van der Waals surface area contributed by atoms with Crippen molar-refractivity contribution in [2.45, 2.75) is 39.0 Å². The summed E-state index contributed by atoms with van der Waals surface area (Å²) in [4.78, 5) is 22.6. The van der Waals surface area contributed by atoms with Gasteiger partial charge in [0.2, 0.25) is 11.8 Å². The first-order chi connectivity index (χ1) is 9.69. The molecule has 0 aromatic heterocycles. The van der Waals surface area contributed by atoms with Crippen molar-refractivity contribution in [3.05, 3.63) is 29.8 Å². The van der Waals surface area contributed by atoms with E-state index in [1.807, 2.05) is 24.3 Å². The van der Waals surface area contributed by atoms with E-state index >= 15 is 0 Å². The topological polar surface area (TPSA) is 55.4 Å². The molecule has 4 heteroatoms. The highest BCUT2D eigenvalue weighted by Gasteiger charge is 2.30. The van der Waals surface area contributed by atoms with Crippen molar-refractivity contribution in [3.63, 3.8) is 0 Å². The highest BCUT2D eigenvalue weighted by atomic mass is 16.5. The van der Waals surface area contributed by atoms with Gasteiger partial charge in [-0.05, 0) is 30.5 Å². The number of unbranched alkanes of at least 4 members (excludes halogenated alkanes) is 2. The molecule has 1 saturated heterocycles. The van der Waals surface area contributed by atoms with Gasteiger partial charge < -0.3 is 4.74 Å². The molecule has 1 aromatic rings. The van der Waals surface area contributed by atoms with Crippen LogP contribution < -0.4 is 10.1 Å². The number of rotatable bonds is 7. The minimum absolute atomic E-state index is 0.158. The lowest BCUT2D eigenvalue weighted by Gasteiger charge is -2.08. The number of carbonyl (C=O) groups is 2. The van der Waals surface area contributed by atoms with E-state index in [2.05, 4.69) is 12.2 Å². The molecule has 1 atom stereocenters. The minimum Gasteiger partial charge on any atom is -0.494 e. The summed E-state index contributed by atoms with van der Waals surface area (Å²) in [6, 6.07) is 7.78. The van der Waals surface area contributed by atoms with E-state index in [1.54, 1.807) is 0 Å². The van der Waals surface area contributed by atoms with Gasteiger partial charge in [0, 0.05) is 6.42 Å². The van der Waals surface area contributed by atoms with Gasteiger partial charge >= 0.3 is 0 Å². The second-order valence-corrected chi connectivity index (χ2v) is 5.22. The van der Waals surface area contributed by atoms with E-state index in [0.29, 0.717) is 12.8 Å². The Morgan fingerprint density at radius 2 is 1.95 bits per heavy atom. The first-order valence-corrected chi connectivity index (χ1v) is 7.24. The zero-order valence-corrected chi connectivity index (χ0v) is 11.9. The van der Waals surface area contributed by atoms with Gasteiger partial charge in [-0.3, -0.25) is 14.9 Å². The summed E-state index contributed by atoms with van der Waals surface area (Å²) in [5, 5.41) is 2.34. The zero-order valence-electron chi connectivity index (χ0n) is 11.9. The third-order valence-electron chi connectivity index (χ3n) is 3.49. The SMILES string of the molecule is CCCCCOc1ccc(CC2CC(=O)NC2=O)cc1. The Morgan fingerprint density at radius 1 is 1.20 bits per heavy atom. The normalized spacial score (nSPS) is 18.1. The Morgan fingerprint density at radius 3 is 2.55 bits per heavy atom. The summed E-state index contributed by atoms with van der Waals surface area (Å²) in [5.74, 6) is 0.307. The molecule has 4 nitrogen and oxygen atoms in total. The van der Waals surface area contributed by atoms with Crippen molar-refractivity contribution >= 4 is 11.8 Å². The molecule has 1 N–H and O–H groups in total. The molecule has 0 aliphatic carbocycles. The molecule has 0 saturated carbocycles. The molecule has 108 valence electrons. The van der Waals surface area contributed by atoms with Gasteiger partial charge in [-0.15, -0.1) is 0 Å². The molecule has 0 bridgehead atoms. The van der Waals surface area contributed by atoms with Crippen LogP contribution in [0, 0.1) is 5.92 Å². The van der Waals surface area contributed by atoms with Crippen LogP contribution in [0.4, 0.5) is 0 Å². The number of amides is 2. The predicted molar refractivity (Wildman–Crippen MR) is 76.4 cm³/mol. The lowest BCUT2D eigenvalue weighted by atomic mass is 9.98. The van der Waals surface area contributed by atoms with Gasteiger partial charge in [0.15, 0.2) is 0 Å². The summed E-state index contributed by atoms with van der Waals surface area (Å²) in [6.07, 6.45) is 4.35. The molecule has 2 amide bonds. The van der Waals surface area contributed by atoms with E-state index < -0.39 is 0 Å². The van der Waals surface area contributed by atoms with Gasteiger partial charge in [0.05, 0.1) is 12.5 Å². The molecule has 1 aromatic carbocycles. The largest absolute Gasteiger partial charge is 0.494 e. The van der Waals surface area contributed by atoms with E-state index in [1.165, 1.54) is 12.8 Å². The third-order valence-corrected chi connectivity index (χ3v) is 3.49.